The minimum atomic E-state index is -0.141. The van der Waals surface area contributed by atoms with Crippen LogP contribution in [0.25, 0.3) is 0 Å². The fourth-order valence-electron chi connectivity index (χ4n) is 3.40. The molecule has 160 valence electrons. The standard InChI is InChI=1S/C22H26Cl2N4O2/c1-26(2)10-4-11-27(15-16-7-8-19(23)20(24)13-16)21(29)17-5-3-6-18(14-17)28-12-9-25-22(28)30/h3,5-8,13-14H,4,9-12,15H2,1-2H3,(H,25,30). The lowest BCUT2D eigenvalue weighted by atomic mass is 10.1. The van der Waals surface area contributed by atoms with E-state index in [1.54, 1.807) is 29.2 Å². The molecule has 0 atom stereocenters. The summed E-state index contributed by atoms with van der Waals surface area (Å²) < 4.78 is 0. The number of carbonyl (C=O) groups is 2. The SMILES string of the molecule is CN(C)CCCN(Cc1ccc(Cl)c(Cl)c1)C(=O)c1cccc(N2CCNC2=O)c1. The second-order valence-corrected chi connectivity index (χ2v) is 8.38. The zero-order chi connectivity index (χ0) is 21.7. The van der Waals surface area contributed by atoms with Crippen LogP contribution in [0.5, 0.6) is 0 Å². The Morgan fingerprint density at radius 2 is 1.90 bits per heavy atom. The molecular weight excluding hydrogens is 423 g/mol. The van der Waals surface area contributed by atoms with E-state index < -0.39 is 0 Å². The van der Waals surface area contributed by atoms with Crippen molar-refractivity contribution < 1.29 is 9.59 Å². The summed E-state index contributed by atoms with van der Waals surface area (Å²) in [5, 5.41) is 3.74. The predicted molar refractivity (Wildman–Crippen MR) is 122 cm³/mol. The van der Waals surface area contributed by atoms with E-state index in [0.29, 0.717) is 41.8 Å². The number of hydrogen-bond acceptors (Lipinski definition) is 3. The molecule has 1 saturated heterocycles. The number of nitrogens with one attached hydrogen (secondary N) is 1. The van der Waals surface area contributed by atoms with E-state index in [0.717, 1.165) is 24.2 Å². The van der Waals surface area contributed by atoms with Crippen LogP contribution in [0.15, 0.2) is 42.5 Å². The highest BCUT2D eigenvalue weighted by atomic mass is 35.5. The van der Waals surface area contributed by atoms with Gasteiger partial charge in [-0.3, -0.25) is 9.69 Å². The van der Waals surface area contributed by atoms with E-state index in [-0.39, 0.29) is 11.9 Å². The van der Waals surface area contributed by atoms with Crippen molar-refractivity contribution in [2.75, 3.05) is 45.2 Å². The predicted octanol–water partition coefficient (Wildman–Crippen LogP) is 4.12. The van der Waals surface area contributed by atoms with Crippen molar-refractivity contribution in [2.45, 2.75) is 13.0 Å². The summed E-state index contributed by atoms with van der Waals surface area (Å²) in [4.78, 5) is 30.9. The lowest BCUT2D eigenvalue weighted by Gasteiger charge is -2.25. The summed E-state index contributed by atoms with van der Waals surface area (Å²) in [6, 6.07) is 12.5. The van der Waals surface area contributed by atoms with Gasteiger partial charge in [0, 0.05) is 37.4 Å². The molecule has 2 aromatic rings. The van der Waals surface area contributed by atoms with Gasteiger partial charge in [-0.25, -0.2) is 4.79 Å². The number of benzene rings is 2. The Morgan fingerprint density at radius 3 is 2.57 bits per heavy atom. The summed E-state index contributed by atoms with van der Waals surface area (Å²) in [7, 11) is 4.02. The van der Waals surface area contributed by atoms with Gasteiger partial charge in [0.2, 0.25) is 0 Å². The van der Waals surface area contributed by atoms with Crippen molar-refractivity contribution in [3.63, 3.8) is 0 Å². The first-order valence-corrected chi connectivity index (χ1v) is 10.6. The summed E-state index contributed by atoms with van der Waals surface area (Å²) in [6.45, 7) is 3.10. The smallest absolute Gasteiger partial charge is 0.321 e. The van der Waals surface area contributed by atoms with Gasteiger partial charge in [0.1, 0.15) is 0 Å². The first kappa shape index (κ1) is 22.4. The van der Waals surface area contributed by atoms with Crippen molar-refractivity contribution in [3.8, 4) is 0 Å². The van der Waals surface area contributed by atoms with Crippen molar-refractivity contribution in [1.29, 1.82) is 0 Å². The average Bonchev–Trinajstić information content (AvgIpc) is 3.15. The third-order valence-corrected chi connectivity index (χ3v) is 5.68. The van der Waals surface area contributed by atoms with Crippen LogP contribution in [0, 0.1) is 0 Å². The Bertz CT molecular complexity index is 920. The zero-order valence-corrected chi connectivity index (χ0v) is 18.7. The molecule has 1 N–H and O–H groups in total. The fourth-order valence-corrected chi connectivity index (χ4v) is 3.72. The first-order valence-electron chi connectivity index (χ1n) is 9.88. The van der Waals surface area contributed by atoms with Gasteiger partial charge in [0.15, 0.2) is 0 Å². The molecule has 1 aliphatic heterocycles. The summed E-state index contributed by atoms with van der Waals surface area (Å²) >= 11 is 12.2. The molecule has 0 radical (unpaired) electrons. The Morgan fingerprint density at radius 1 is 1.10 bits per heavy atom. The van der Waals surface area contributed by atoms with Crippen molar-refractivity contribution in [2.24, 2.45) is 0 Å². The maximum Gasteiger partial charge on any atom is 0.321 e. The molecule has 0 unspecified atom stereocenters. The Labute approximate surface area is 187 Å². The maximum absolute atomic E-state index is 13.4. The number of nitrogens with zero attached hydrogens (tertiary/aromatic N) is 3. The molecule has 1 aliphatic rings. The molecular formula is C22H26Cl2N4O2. The monoisotopic (exact) mass is 448 g/mol. The molecule has 6 nitrogen and oxygen atoms in total. The van der Waals surface area contributed by atoms with E-state index in [1.807, 2.05) is 37.2 Å². The van der Waals surface area contributed by atoms with Crippen molar-refractivity contribution >= 4 is 40.8 Å². The van der Waals surface area contributed by atoms with Crippen LogP contribution in [0.3, 0.4) is 0 Å². The van der Waals surface area contributed by atoms with Gasteiger partial charge in [-0.15, -0.1) is 0 Å². The molecule has 8 heteroatoms. The topological polar surface area (TPSA) is 55.9 Å². The number of hydrogen-bond donors (Lipinski definition) is 1. The number of halogens is 2. The van der Waals surface area contributed by atoms with Crippen LogP contribution in [-0.4, -0.2) is 62.0 Å². The number of urea groups is 1. The molecule has 3 rings (SSSR count). The second kappa shape index (κ2) is 10.2. The molecule has 30 heavy (non-hydrogen) atoms. The van der Waals surface area contributed by atoms with Crippen LogP contribution < -0.4 is 10.2 Å². The van der Waals surface area contributed by atoms with Crippen LogP contribution in [0.2, 0.25) is 10.0 Å². The summed E-state index contributed by atoms with van der Waals surface area (Å²) in [5.41, 5.74) is 2.19. The number of amides is 3. The molecule has 0 saturated carbocycles. The van der Waals surface area contributed by atoms with E-state index >= 15 is 0 Å². The van der Waals surface area contributed by atoms with Crippen LogP contribution in [-0.2, 0) is 6.54 Å². The lowest BCUT2D eigenvalue weighted by Crippen LogP contribution is -2.33. The van der Waals surface area contributed by atoms with E-state index in [2.05, 4.69) is 10.2 Å². The van der Waals surface area contributed by atoms with Crippen LogP contribution in [0.1, 0.15) is 22.3 Å². The fraction of sp³-hybridized carbons (Fsp3) is 0.364. The number of rotatable bonds is 8. The van der Waals surface area contributed by atoms with Crippen LogP contribution >= 0.6 is 23.2 Å². The molecule has 1 heterocycles. The Kier molecular flexibility index (Phi) is 7.58. The molecule has 0 spiro atoms. The van der Waals surface area contributed by atoms with Gasteiger partial charge in [-0.1, -0.05) is 35.3 Å². The first-order chi connectivity index (χ1) is 14.3. The van der Waals surface area contributed by atoms with E-state index in [9.17, 15) is 9.59 Å². The van der Waals surface area contributed by atoms with E-state index in [1.165, 1.54) is 0 Å². The number of anilines is 1. The molecule has 0 aromatic heterocycles. The summed E-state index contributed by atoms with van der Waals surface area (Å²) in [6.07, 6.45) is 0.842. The lowest BCUT2D eigenvalue weighted by molar-refractivity contribution is 0.0737. The van der Waals surface area contributed by atoms with Gasteiger partial charge in [0.25, 0.3) is 5.91 Å². The zero-order valence-electron chi connectivity index (χ0n) is 17.2. The minimum Gasteiger partial charge on any atom is -0.336 e. The van der Waals surface area contributed by atoms with E-state index in [4.69, 9.17) is 23.2 Å². The van der Waals surface area contributed by atoms with Crippen LogP contribution in [0.4, 0.5) is 10.5 Å². The van der Waals surface area contributed by atoms with Gasteiger partial charge in [0.05, 0.1) is 10.0 Å². The second-order valence-electron chi connectivity index (χ2n) is 7.57. The summed E-state index contributed by atoms with van der Waals surface area (Å²) in [5.74, 6) is -0.0821. The maximum atomic E-state index is 13.4. The van der Waals surface area contributed by atoms with Gasteiger partial charge >= 0.3 is 6.03 Å². The Balaban J connectivity index is 1.81. The quantitative estimate of drug-likeness (QED) is 0.660. The molecule has 3 amide bonds. The van der Waals surface area contributed by atoms with Crippen molar-refractivity contribution in [3.05, 3.63) is 63.6 Å². The number of carbonyl (C=O) groups excluding carboxylic acids is 2. The Hall–Kier alpha value is -2.28. The third kappa shape index (κ3) is 5.65. The van der Waals surface area contributed by atoms with Crippen molar-refractivity contribution in [1.82, 2.24) is 15.1 Å². The molecule has 1 fully saturated rings. The molecule has 0 aliphatic carbocycles. The third-order valence-electron chi connectivity index (χ3n) is 4.94. The van der Waals surface area contributed by atoms with Gasteiger partial charge in [-0.05, 0) is 63.0 Å². The highest BCUT2D eigenvalue weighted by molar-refractivity contribution is 6.42. The molecule has 0 bridgehead atoms. The molecule has 2 aromatic carbocycles. The van der Waals surface area contributed by atoms with Gasteiger partial charge in [-0.2, -0.15) is 0 Å². The minimum absolute atomic E-state index is 0.0821. The highest BCUT2D eigenvalue weighted by Gasteiger charge is 2.23. The normalized spacial score (nSPS) is 13.6. The largest absolute Gasteiger partial charge is 0.336 e. The highest BCUT2D eigenvalue weighted by Crippen LogP contribution is 2.24. The van der Waals surface area contributed by atoms with Gasteiger partial charge < -0.3 is 15.1 Å². The average molecular weight is 449 g/mol.